The Hall–Kier alpha value is -1.71. The fourth-order valence-electron chi connectivity index (χ4n) is 4.83. The molecule has 4 N–H and O–H groups in total. The maximum Gasteiger partial charge on any atom is 0.253 e. The molecule has 21 heavy (non-hydrogen) atoms. The van der Waals surface area contributed by atoms with Crippen LogP contribution < -0.4 is 16.4 Å². The Morgan fingerprint density at radius 2 is 2.00 bits per heavy atom. The lowest BCUT2D eigenvalue weighted by molar-refractivity contribution is 0.0956. The molecule has 1 aromatic rings. The van der Waals surface area contributed by atoms with E-state index < -0.39 is 0 Å². The van der Waals surface area contributed by atoms with E-state index in [1.165, 1.54) is 19.3 Å². The third-order valence-corrected chi connectivity index (χ3v) is 5.68. The van der Waals surface area contributed by atoms with Gasteiger partial charge in [-0.05, 0) is 68.1 Å². The van der Waals surface area contributed by atoms with Crippen LogP contribution in [0.15, 0.2) is 18.2 Å². The summed E-state index contributed by atoms with van der Waals surface area (Å²) in [6.07, 6.45) is 4.25. The molecule has 3 saturated carbocycles. The highest BCUT2D eigenvalue weighted by molar-refractivity contribution is 6.00. The molecule has 0 heterocycles. The second-order valence-electron chi connectivity index (χ2n) is 6.82. The molecule has 3 aliphatic rings. The molecule has 0 spiro atoms. The topological polar surface area (TPSA) is 67.2 Å². The number of hydrogen-bond donors (Lipinski definition) is 3. The maximum absolute atomic E-state index is 12.2. The van der Waals surface area contributed by atoms with E-state index >= 15 is 0 Å². The summed E-state index contributed by atoms with van der Waals surface area (Å²) in [4.78, 5) is 12.2. The number of nitrogens with two attached hydrogens (primary N) is 1. The van der Waals surface area contributed by atoms with Gasteiger partial charge < -0.3 is 16.4 Å². The number of nitrogens with one attached hydrogen (secondary N) is 2. The molecule has 4 nitrogen and oxygen atoms in total. The average Bonchev–Trinajstić information content (AvgIpc) is 2.84. The van der Waals surface area contributed by atoms with Crippen molar-refractivity contribution >= 4 is 17.3 Å². The Kier molecular flexibility index (Phi) is 2.88. The van der Waals surface area contributed by atoms with E-state index in [1.54, 1.807) is 6.07 Å². The van der Waals surface area contributed by atoms with Crippen LogP contribution in [0, 0.1) is 23.7 Å². The van der Waals surface area contributed by atoms with Crippen molar-refractivity contribution in [3.63, 3.8) is 0 Å². The lowest BCUT2D eigenvalue weighted by Crippen LogP contribution is -2.24. The van der Waals surface area contributed by atoms with Crippen LogP contribution in [0.5, 0.6) is 0 Å². The maximum atomic E-state index is 12.2. The Labute approximate surface area is 125 Å². The van der Waals surface area contributed by atoms with Crippen molar-refractivity contribution in [3.8, 4) is 0 Å². The molecule has 0 aromatic heterocycles. The van der Waals surface area contributed by atoms with Gasteiger partial charge in [-0.15, -0.1) is 0 Å². The van der Waals surface area contributed by atoms with Gasteiger partial charge in [0.15, 0.2) is 0 Å². The molecule has 1 amide bonds. The molecule has 112 valence electrons. The van der Waals surface area contributed by atoms with Gasteiger partial charge in [-0.3, -0.25) is 4.79 Å². The summed E-state index contributed by atoms with van der Waals surface area (Å²) in [5.41, 5.74) is 8.23. The van der Waals surface area contributed by atoms with Crippen molar-refractivity contribution < 1.29 is 4.79 Å². The number of hydrogen-bond acceptors (Lipinski definition) is 3. The van der Waals surface area contributed by atoms with Gasteiger partial charge in [0.25, 0.3) is 5.91 Å². The largest absolute Gasteiger partial charge is 0.399 e. The van der Waals surface area contributed by atoms with Crippen LogP contribution in [-0.4, -0.2) is 18.5 Å². The van der Waals surface area contributed by atoms with Crippen LogP contribution in [0.4, 0.5) is 11.4 Å². The number of rotatable bonds is 4. The Bertz CT molecular complexity index is 569. The van der Waals surface area contributed by atoms with Gasteiger partial charge in [-0.25, -0.2) is 0 Å². The van der Waals surface area contributed by atoms with Crippen LogP contribution in [0.2, 0.25) is 0 Å². The molecule has 4 rings (SSSR count). The zero-order valence-corrected chi connectivity index (χ0v) is 12.4. The van der Waals surface area contributed by atoms with Crippen LogP contribution in [0.3, 0.4) is 0 Å². The summed E-state index contributed by atoms with van der Waals surface area (Å²) < 4.78 is 0. The number of fused-ring (bicyclic) bond motifs is 5. The van der Waals surface area contributed by atoms with E-state index in [0.29, 0.717) is 23.8 Å². The van der Waals surface area contributed by atoms with Gasteiger partial charge in [-0.1, -0.05) is 0 Å². The van der Waals surface area contributed by atoms with E-state index in [2.05, 4.69) is 10.6 Å². The number of amides is 1. The third-order valence-electron chi connectivity index (χ3n) is 5.68. The highest BCUT2D eigenvalue weighted by Crippen LogP contribution is 2.66. The summed E-state index contributed by atoms with van der Waals surface area (Å²) in [6.45, 7) is 2.58. The van der Waals surface area contributed by atoms with Crippen LogP contribution in [-0.2, 0) is 0 Å². The number of nitrogen functional groups attached to an aromatic ring is 1. The first-order chi connectivity index (χ1) is 10.2. The molecule has 0 aliphatic heterocycles. The second kappa shape index (κ2) is 4.65. The minimum atomic E-state index is -0.0196. The normalized spacial score (nSPS) is 35.4. The number of benzene rings is 1. The average molecular weight is 285 g/mol. The fraction of sp³-hybridized carbons (Fsp3) is 0.588. The highest BCUT2D eigenvalue weighted by Gasteiger charge is 2.65. The molecular formula is C17H23N3O. The molecule has 0 radical (unpaired) electrons. The Morgan fingerprint density at radius 3 is 2.67 bits per heavy atom. The van der Waals surface area contributed by atoms with Crippen molar-refractivity contribution in [2.24, 2.45) is 23.7 Å². The van der Waals surface area contributed by atoms with Crippen LogP contribution in [0.1, 0.15) is 36.5 Å². The lowest BCUT2D eigenvalue weighted by atomic mass is 10.0. The first-order valence-electron chi connectivity index (χ1n) is 8.13. The predicted octanol–water partition coefficient (Wildman–Crippen LogP) is 2.47. The zero-order chi connectivity index (χ0) is 14.6. The van der Waals surface area contributed by atoms with Crippen molar-refractivity contribution in [2.45, 2.75) is 32.2 Å². The molecule has 4 atom stereocenters. The van der Waals surface area contributed by atoms with E-state index in [9.17, 15) is 4.79 Å². The lowest BCUT2D eigenvalue weighted by Gasteiger charge is -2.15. The van der Waals surface area contributed by atoms with Gasteiger partial charge in [0.2, 0.25) is 0 Å². The fourth-order valence-corrected chi connectivity index (χ4v) is 4.83. The third kappa shape index (κ3) is 2.00. The Morgan fingerprint density at radius 1 is 1.29 bits per heavy atom. The summed E-state index contributed by atoms with van der Waals surface area (Å²) >= 11 is 0. The minimum absolute atomic E-state index is 0.0196. The smallest absolute Gasteiger partial charge is 0.253 e. The minimum Gasteiger partial charge on any atom is -0.399 e. The molecule has 3 fully saturated rings. The van der Waals surface area contributed by atoms with Gasteiger partial charge >= 0.3 is 0 Å². The Balaban J connectivity index is 1.55. The standard InChI is InChI=1S/C17H23N3O/c1-2-19-17(21)12-6-5-11(18)8-13(12)20-16-14-9-3-4-10(7-9)15(14)16/h5-6,8-10,14-16,20H,2-4,7,18H2,1H3,(H,19,21). The van der Waals surface area contributed by atoms with E-state index in [0.717, 1.165) is 29.4 Å². The quantitative estimate of drug-likeness (QED) is 0.745. The van der Waals surface area contributed by atoms with Gasteiger partial charge in [0, 0.05) is 24.0 Å². The number of carbonyl (C=O) groups is 1. The van der Waals surface area contributed by atoms with Gasteiger partial charge in [0.1, 0.15) is 0 Å². The summed E-state index contributed by atoms with van der Waals surface area (Å²) in [5.74, 6) is 3.51. The van der Waals surface area contributed by atoms with Crippen molar-refractivity contribution in [1.82, 2.24) is 5.32 Å². The van der Waals surface area contributed by atoms with Crippen LogP contribution in [0.25, 0.3) is 0 Å². The molecule has 0 saturated heterocycles. The second-order valence-corrected chi connectivity index (χ2v) is 6.82. The predicted molar refractivity (Wildman–Crippen MR) is 84.1 cm³/mol. The number of anilines is 2. The zero-order valence-electron chi connectivity index (χ0n) is 12.4. The first-order valence-corrected chi connectivity index (χ1v) is 8.13. The van der Waals surface area contributed by atoms with Crippen LogP contribution >= 0.6 is 0 Å². The summed E-state index contributed by atoms with van der Waals surface area (Å²) in [7, 11) is 0. The molecule has 4 heteroatoms. The summed E-state index contributed by atoms with van der Waals surface area (Å²) in [5, 5.41) is 6.50. The molecule has 1 aromatic carbocycles. The first kappa shape index (κ1) is 13.0. The summed E-state index contributed by atoms with van der Waals surface area (Å²) in [6, 6.07) is 6.09. The van der Waals surface area contributed by atoms with E-state index in [4.69, 9.17) is 5.73 Å². The highest BCUT2D eigenvalue weighted by atomic mass is 16.1. The molecule has 3 aliphatic carbocycles. The SMILES string of the molecule is CCNC(=O)c1ccc(N)cc1NC1C2C3CCC(C3)C12. The molecule has 2 bridgehead atoms. The van der Waals surface area contributed by atoms with Crippen molar-refractivity contribution in [3.05, 3.63) is 23.8 Å². The number of carbonyl (C=O) groups excluding carboxylic acids is 1. The van der Waals surface area contributed by atoms with E-state index in [-0.39, 0.29) is 5.91 Å². The monoisotopic (exact) mass is 285 g/mol. The van der Waals surface area contributed by atoms with Crippen molar-refractivity contribution in [1.29, 1.82) is 0 Å². The van der Waals surface area contributed by atoms with Gasteiger partial charge in [-0.2, -0.15) is 0 Å². The van der Waals surface area contributed by atoms with E-state index in [1.807, 2.05) is 19.1 Å². The molecular weight excluding hydrogens is 262 g/mol. The molecule has 4 unspecified atom stereocenters. The van der Waals surface area contributed by atoms with Gasteiger partial charge in [0.05, 0.1) is 5.56 Å². The van der Waals surface area contributed by atoms with Crippen molar-refractivity contribution in [2.75, 3.05) is 17.6 Å².